The first-order valence-corrected chi connectivity index (χ1v) is 9.30. The molecule has 0 unspecified atom stereocenters. The van der Waals surface area contributed by atoms with Gasteiger partial charge in [0.2, 0.25) is 0 Å². The number of halogens is 1. The highest BCUT2D eigenvalue weighted by molar-refractivity contribution is 14.1. The lowest BCUT2D eigenvalue weighted by molar-refractivity contribution is -0.122. The van der Waals surface area contributed by atoms with Gasteiger partial charge in [0, 0.05) is 0 Å². The summed E-state index contributed by atoms with van der Waals surface area (Å²) in [4.78, 5) is 25.5. The molecule has 2 rings (SSSR count). The number of imide groups is 1. The third-order valence-corrected chi connectivity index (χ3v) is 4.81. The van der Waals surface area contributed by atoms with Crippen LogP contribution < -0.4 is 9.47 Å². The van der Waals surface area contributed by atoms with Crippen molar-refractivity contribution in [2.75, 3.05) is 19.8 Å². The summed E-state index contributed by atoms with van der Waals surface area (Å²) in [5, 5.41) is -0.361. The summed E-state index contributed by atoms with van der Waals surface area (Å²) in [6.45, 7) is 6.32. The summed E-state index contributed by atoms with van der Waals surface area (Å²) in [5.41, 5.74) is 0.741. The van der Waals surface area contributed by atoms with Crippen molar-refractivity contribution in [2.24, 2.45) is 0 Å². The van der Waals surface area contributed by atoms with E-state index in [4.69, 9.17) is 15.9 Å². The first-order valence-electron chi connectivity index (χ1n) is 7.40. The summed E-state index contributed by atoms with van der Waals surface area (Å²) in [5.74, 6) is 3.13. The van der Waals surface area contributed by atoms with E-state index in [-0.39, 0.29) is 17.7 Å². The van der Waals surface area contributed by atoms with Crippen molar-refractivity contribution in [3.63, 3.8) is 0 Å². The molecule has 1 aliphatic heterocycles. The highest BCUT2D eigenvalue weighted by atomic mass is 127. The molecule has 0 aromatic heterocycles. The summed E-state index contributed by atoms with van der Waals surface area (Å²) in [7, 11) is 0. The van der Waals surface area contributed by atoms with Gasteiger partial charge in [0.1, 0.15) is 6.61 Å². The molecule has 0 spiro atoms. The Morgan fingerprint density at radius 1 is 1.40 bits per heavy atom. The number of thioether (sulfide) groups is 1. The molecule has 0 aliphatic carbocycles. The Balaban J connectivity index is 2.37. The summed E-state index contributed by atoms with van der Waals surface area (Å²) in [6, 6.07) is 3.63. The first-order chi connectivity index (χ1) is 12.0. The molecule has 0 bridgehead atoms. The van der Waals surface area contributed by atoms with Gasteiger partial charge in [-0.25, -0.2) is 0 Å². The van der Waals surface area contributed by atoms with Crippen molar-refractivity contribution in [1.29, 1.82) is 0 Å². The van der Waals surface area contributed by atoms with E-state index >= 15 is 0 Å². The van der Waals surface area contributed by atoms with E-state index in [9.17, 15) is 9.59 Å². The lowest BCUT2D eigenvalue weighted by Gasteiger charge is -2.14. The monoisotopic (exact) mass is 469 g/mol. The van der Waals surface area contributed by atoms with E-state index in [2.05, 4.69) is 35.1 Å². The van der Waals surface area contributed by atoms with Gasteiger partial charge in [-0.15, -0.1) is 6.42 Å². The molecule has 0 radical (unpaired) electrons. The second-order valence-electron chi connectivity index (χ2n) is 4.83. The first kappa shape index (κ1) is 19.4. The molecular formula is C18H16INO4S. The van der Waals surface area contributed by atoms with Crippen LogP contribution in [0.3, 0.4) is 0 Å². The summed E-state index contributed by atoms with van der Waals surface area (Å²) >= 11 is 3.02. The van der Waals surface area contributed by atoms with Crippen LogP contribution in [-0.2, 0) is 4.79 Å². The lowest BCUT2D eigenvalue weighted by Crippen LogP contribution is -2.28. The normalized spacial score (nSPS) is 15.4. The molecule has 1 aliphatic rings. The third kappa shape index (κ3) is 4.58. The Bertz CT molecular complexity index is 782. The van der Waals surface area contributed by atoms with Gasteiger partial charge in [-0.3, -0.25) is 14.5 Å². The Labute approximate surface area is 164 Å². The van der Waals surface area contributed by atoms with E-state index in [1.807, 2.05) is 13.0 Å². The van der Waals surface area contributed by atoms with Crippen LogP contribution in [0.5, 0.6) is 11.5 Å². The van der Waals surface area contributed by atoms with Gasteiger partial charge < -0.3 is 9.47 Å². The Morgan fingerprint density at radius 2 is 2.16 bits per heavy atom. The molecule has 1 aromatic carbocycles. The second-order valence-corrected chi connectivity index (χ2v) is 6.99. The summed E-state index contributed by atoms with van der Waals surface area (Å²) < 4.78 is 12.1. The minimum absolute atomic E-state index is 0.0297. The van der Waals surface area contributed by atoms with Crippen LogP contribution in [0.15, 0.2) is 29.7 Å². The molecule has 2 amide bonds. The van der Waals surface area contributed by atoms with Crippen molar-refractivity contribution in [1.82, 2.24) is 4.90 Å². The molecule has 1 saturated heterocycles. The van der Waals surface area contributed by atoms with E-state index in [1.165, 1.54) is 0 Å². The van der Waals surface area contributed by atoms with Crippen LogP contribution in [0.4, 0.5) is 4.79 Å². The molecule has 0 atom stereocenters. The average Bonchev–Trinajstić information content (AvgIpc) is 2.82. The number of carbonyl (C=O) groups is 2. The molecule has 1 fully saturated rings. The van der Waals surface area contributed by atoms with Crippen molar-refractivity contribution < 1.29 is 19.1 Å². The van der Waals surface area contributed by atoms with Crippen LogP contribution >= 0.6 is 34.4 Å². The van der Waals surface area contributed by atoms with Crippen molar-refractivity contribution in [3.8, 4) is 23.8 Å². The number of hydrogen-bond acceptors (Lipinski definition) is 5. The highest BCUT2D eigenvalue weighted by Crippen LogP contribution is 2.37. The maximum atomic E-state index is 12.3. The number of rotatable bonds is 7. The molecule has 0 saturated carbocycles. The Morgan fingerprint density at radius 3 is 2.80 bits per heavy atom. The fraction of sp³-hybridized carbons (Fsp3) is 0.222. The number of hydrogen-bond donors (Lipinski definition) is 0. The van der Waals surface area contributed by atoms with Crippen LogP contribution in [0.2, 0.25) is 0 Å². The van der Waals surface area contributed by atoms with Crippen LogP contribution in [-0.4, -0.2) is 35.8 Å². The predicted octanol–water partition coefficient (Wildman–Crippen LogP) is 3.92. The van der Waals surface area contributed by atoms with Gasteiger partial charge in [-0.2, -0.15) is 0 Å². The SMILES string of the molecule is C#CCN1C(=O)S/C(=C/c2cc(I)c(OCC=C)c(OCC)c2)C1=O. The molecule has 0 N–H and O–H groups in total. The van der Waals surface area contributed by atoms with E-state index < -0.39 is 0 Å². The van der Waals surface area contributed by atoms with Gasteiger partial charge in [0.15, 0.2) is 11.5 Å². The Kier molecular flexibility index (Phi) is 6.96. The number of amides is 2. The topological polar surface area (TPSA) is 55.8 Å². The van der Waals surface area contributed by atoms with Crippen molar-refractivity contribution in [2.45, 2.75) is 6.92 Å². The van der Waals surface area contributed by atoms with E-state index in [1.54, 1.807) is 18.2 Å². The molecule has 25 heavy (non-hydrogen) atoms. The zero-order chi connectivity index (χ0) is 18.4. The second kappa shape index (κ2) is 8.97. The molecule has 7 heteroatoms. The van der Waals surface area contributed by atoms with Gasteiger partial charge >= 0.3 is 0 Å². The molecule has 1 heterocycles. The number of carbonyl (C=O) groups excluding carboxylic acids is 2. The molecule has 1 aromatic rings. The zero-order valence-electron chi connectivity index (χ0n) is 13.6. The number of nitrogens with zero attached hydrogens (tertiary/aromatic N) is 1. The fourth-order valence-corrected chi connectivity index (χ4v) is 3.71. The maximum Gasteiger partial charge on any atom is 0.294 e. The van der Waals surface area contributed by atoms with Gasteiger partial charge in [0.25, 0.3) is 11.1 Å². The fourth-order valence-electron chi connectivity index (χ4n) is 2.10. The number of terminal acetylenes is 1. The van der Waals surface area contributed by atoms with Crippen molar-refractivity contribution >= 4 is 51.6 Å². The van der Waals surface area contributed by atoms with Crippen LogP contribution in [0.1, 0.15) is 12.5 Å². The maximum absolute atomic E-state index is 12.3. The zero-order valence-corrected chi connectivity index (χ0v) is 16.6. The van der Waals surface area contributed by atoms with E-state index in [0.717, 1.165) is 25.8 Å². The quantitative estimate of drug-likeness (QED) is 0.262. The molecule has 5 nitrogen and oxygen atoms in total. The smallest absolute Gasteiger partial charge is 0.294 e. The molecule has 130 valence electrons. The van der Waals surface area contributed by atoms with Crippen molar-refractivity contribution in [3.05, 3.63) is 38.8 Å². The highest BCUT2D eigenvalue weighted by Gasteiger charge is 2.34. The third-order valence-electron chi connectivity index (χ3n) is 3.10. The number of ether oxygens (including phenoxy) is 2. The lowest BCUT2D eigenvalue weighted by atomic mass is 10.2. The van der Waals surface area contributed by atoms with Gasteiger partial charge in [-0.1, -0.05) is 18.6 Å². The van der Waals surface area contributed by atoms with E-state index in [0.29, 0.717) is 29.6 Å². The van der Waals surface area contributed by atoms with Gasteiger partial charge in [-0.05, 0) is 65.0 Å². The molecular weight excluding hydrogens is 453 g/mol. The average molecular weight is 469 g/mol. The standard InChI is InChI=1S/C18H16INO4S/c1-4-7-20-17(21)15(25-18(20)22)11-12-9-13(19)16(24-8-5-2)14(10-12)23-6-3/h1,5,9-11H,2,6-8H2,3H3/b15-11+. The summed E-state index contributed by atoms with van der Waals surface area (Å²) in [6.07, 6.45) is 8.51. The van der Waals surface area contributed by atoms with Crippen LogP contribution in [0, 0.1) is 15.9 Å². The minimum atomic E-state index is -0.382. The predicted molar refractivity (Wildman–Crippen MR) is 108 cm³/mol. The van der Waals surface area contributed by atoms with Gasteiger partial charge in [0.05, 0.1) is 21.6 Å². The number of benzene rings is 1. The largest absolute Gasteiger partial charge is 0.490 e. The van der Waals surface area contributed by atoms with Crippen LogP contribution in [0.25, 0.3) is 6.08 Å². The minimum Gasteiger partial charge on any atom is -0.490 e. The Hall–Kier alpha value is -1.92.